The Morgan fingerprint density at radius 1 is 1.19 bits per heavy atom. The molecule has 218 valence electrons. The standard InChI is InChI=1S/C28H29FN8O5/c29-21-13-37(25(39)15-38)8-7-23(21)42-22-6-1-17(11-18(22)12-30)27-32-16-33-28(35-27)34-19-2-4-20(5-3-19)36-9-10-41-24(14-36)26(31)40/h1-6,11,16,21,23-24,38H,7-10,13-15H2,(H2,31,40)(H,32,33,34,35)/t21-,23+,24+/m1/s1. The van der Waals surface area contributed by atoms with E-state index >= 15 is 0 Å². The minimum absolute atomic E-state index is 0.181. The number of halogens is 1. The number of nitriles is 1. The van der Waals surface area contributed by atoms with E-state index in [1.165, 1.54) is 11.2 Å². The largest absolute Gasteiger partial charge is 0.486 e. The summed E-state index contributed by atoms with van der Waals surface area (Å²) in [6, 6.07) is 14.4. The van der Waals surface area contributed by atoms with Crippen LogP contribution in [0.3, 0.4) is 0 Å². The number of amides is 2. The van der Waals surface area contributed by atoms with Crippen molar-refractivity contribution < 1.29 is 28.6 Å². The Morgan fingerprint density at radius 3 is 2.71 bits per heavy atom. The van der Waals surface area contributed by atoms with Gasteiger partial charge in [-0.1, -0.05) is 0 Å². The molecule has 5 rings (SSSR count). The molecule has 2 fully saturated rings. The highest BCUT2D eigenvalue weighted by atomic mass is 19.1. The molecule has 2 saturated heterocycles. The number of ether oxygens (including phenoxy) is 2. The van der Waals surface area contributed by atoms with E-state index in [-0.39, 0.29) is 36.8 Å². The van der Waals surface area contributed by atoms with Gasteiger partial charge in [-0.15, -0.1) is 0 Å². The van der Waals surface area contributed by atoms with Crippen LogP contribution in [0.2, 0.25) is 0 Å². The van der Waals surface area contributed by atoms with Crippen LogP contribution in [-0.4, -0.2) is 94.5 Å². The summed E-state index contributed by atoms with van der Waals surface area (Å²) in [6.07, 6.45) is -1.37. The Balaban J connectivity index is 1.25. The summed E-state index contributed by atoms with van der Waals surface area (Å²) in [4.78, 5) is 39.3. The first-order valence-electron chi connectivity index (χ1n) is 13.3. The first-order chi connectivity index (χ1) is 20.3. The molecule has 0 radical (unpaired) electrons. The number of hydrogen-bond donors (Lipinski definition) is 3. The number of carbonyl (C=O) groups is 2. The van der Waals surface area contributed by atoms with Gasteiger partial charge in [-0.3, -0.25) is 9.59 Å². The van der Waals surface area contributed by atoms with E-state index < -0.39 is 36.8 Å². The number of morpholine rings is 1. The first-order valence-corrected chi connectivity index (χ1v) is 13.3. The molecular weight excluding hydrogens is 547 g/mol. The molecule has 14 heteroatoms. The number of aliphatic hydroxyl groups is 1. The van der Waals surface area contributed by atoms with Crippen LogP contribution in [0, 0.1) is 11.3 Å². The average molecular weight is 577 g/mol. The van der Waals surface area contributed by atoms with E-state index in [1.54, 1.807) is 18.2 Å². The van der Waals surface area contributed by atoms with Crippen LogP contribution in [-0.2, 0) is 14.3 Å². The summed E-state index contributed by atoms with van der Waals surface area (Å²) in [5.74, 6) is -0.205. The molecule has 2 aliphatic rings. The third-order valence-corrected chi connectivity index (χ3v) is 7.05. The van der Waals surface area contributed by atoms with Gasteiger partial charge in [0.15, 0.2) is 18.1 Å². The van der Waals surface area contributed by atoms with Gasteiger partial charge in [0, 0.05) is 36.4 Å². The van der Waals surface area contributed by atoms with Crippen molar-refractivity contribution in [3.63, 3.8) is 0 Å². The predicted molar refractivity (Wildman–Crippen MR) is 148 cm³/mol. The number of nitrogens with two attached hydrogens (primary N) is 1. The molecule has 0 unspecified atom stereocenters. The maximum atomic E-state index is 14.7. The van der Waals surface area contributed by atoms with Crippen LogP contribution >= 0.6 is 0 Å². The van der Waals surface area contributed by atoms with Crippen LogP contribution < -0.4 is 20.7 Å². The molecule has 2 aromatic carbocycles. The van der Waals surface area contributed by atoms with Gasteiger partial charge in [0.1, 0.15) is 30.9 Å². The van der Waals surface area contributed by atoms with Crippen LogP contribution in [0.25, 0.3) is 11.4 Å². The SMILES string of the molecule is N#Cc1cc(-c2ncnc(Nc3ccc(N4CCO[C@H](C(N)=O)C4)cc3)n2)ccc1O[C@H]1CCN(C(=O)CO)C[C@H]1F. The van der Waals surface area contributed by atoms with Crippen molar-refractivity contribution in [3.05, 3.63) is 54.4 Å². The molecule has 0 bridgehead atoms. The molecular formula is C28H29FN8O5. The summed E-state index contributed by atoms with van der Waals surface area (Å²) in [6.45, 7) is 0.819. The normalized spacial score (nSPS) is 20.5. The van der Waals surface area contributed by atoms with Crippen molar-refractivity contribution in [1.82, 2.24) is 19.9 Å². The Kier molecular flexibility index (Phi) is 8.70. The number of nitrogens with one attached hydrogen (secondary N) is 1. The van der Waals surface area contributed by atoms with E-state index in [0.717, 1.165) is 11.4 Å². The molecule has 3 aromatic rings. The van der Waals surface area contributed by atoms with Gasteiger partial charge in [-0.25, -0.2) is 14.4 Å². The maximum Gasteiger partial charge on any atom is 0.248 e. The number of piperidine rings is 1. The quantitative estimate of drug-likeness (QED) is 0.350. The monoisotopic (exact) mass is 576 g/mol. The first kappa shape index (κ1) is 28.7. The van der Waals surface area contributed by atoms with Gasteiger partial charge in [-0.2, -0.15) is 10.2 Å². The minimum atomic E-state index is -1.47. The van der Waals surface area contributed by atoms with Crippen molar-refractivity contribution in [2.45, 2.75) is 24.8 Å². The van der Waals surface area contributed by atoms with E-state index in [4.69, 9.17) is 20.3 Å². The van der Waals surface area contributed by atoms with Crippen molar-refractivity contribution in [3.8, 4) is 23.2 Å². The van der Waals surface area contributed by atoms with Gasteiger partial charge in [0.2, 0.25) is 17.8 Å². The lowest BCUT2D eigenvalue weighted by Crippen LogP contribution is -2.50. The van der Waals surface area contributed by atoms with Crippen LogP contribution in [0.5, 0.6) is 5.75 Å². The van der Waals surface area contributed by atoms with Crippen molar-refractivity contribution in [2.24, 2.45) is 5.73 Å². The molecule has 0 spiro atoms. The molecule has 3 heterocycles. The Labute approximate surface area is 240 Å². The smallest absolute Gasteiger partial charge is 0.248 e. The summed E-state index contributed by atoms with van der Waals surface area (Å²) < 4.78 is 25.9. The Hall–Kier alpha value is -4.87. The van der Waals surface area contributed by atoms with E-state index in [0.29, 0.717) is 31.1 Å². The zero-order valence-corrected chi connectivity index (χ0v) is 22.5. The zero-order valence-electron chi connectivity index (χ0n) is 22.5. The lowest BCUT2D eigenvalue weighted by atomic mass is 10.0. The van der Waals surface area contributed by atoms with Crippen molar-refractivity contribution >= 4 is 29.1 Å². The number of hydrogen-bond acceptors (Lipinski definition) is 11. The summed E-state index contributed by atoms with van der Waals surface area (Å²) in [5, 5.41) is 21.9. The molecule has 0 saturated carbocycles. The number of aliphatic hydroxyl groups excluding tert-OH is 1. The van der Waals surface area contributed by atoms with E-state index in [9.17, 15) is 19.2 Å². The molecule has 4 N–H and O–H groups in total. The van der Waals surface area contributed by atoms with Gasteiger partial charge >= 0.3 is 0 Å². The Bertz CT molecular complexity index is 1480. The minimum Gasteiger partial charge on any atom is -0.486 e. The molecule has 0 aliphatic carbocycles. The summed E-state index contributed by atoms with van der Waals surface area (Å²) >= 11 is 0. The highest BCUT2D eigenvalue weighted by Crippen LogP contribution is 2.29. The number of aromatic nitrogens is 3. The number of rotatable bonds is 8. The number of benzene rings is 2. The maximum absolute atomic E-state index is 14.7. The topological polar surface area (TPSA) is 180 Å². The molecule has 2 amide bonds. The third-order valence-electron chi connectivity index (χ3n) is 7.05. The number of carbonyl (C=O) groups excluding carboxylic acids is 2. The van der Waals surface area contributed by atoms with Gasteiger partial charge < -0.3 is 35.4 Å². The second kappa shape index (κ2) is 12.8. The van der Waals surface area contributed by atoms with Crippen LogP contribution in [0.1, 0.15) is 12.0 Å². The molecule has 13 nitrogen and oxygen atoms in total. The van der Waals surface area contributed by atoms with Gasteiger partial charge in [0.05, 0.1) is 25.3 Å². The lowest BCUT2D eigenvalue weighted by Gasteiger charge is -2.34. The van der Waals surface area contributed by atoms with Crippen molar-refractivity contribution in [2.75, 3.05) is 49.6 Å². The second-order valence-corrected chi connectivity index (χ2v) is 9.79. The molecule has 42 heavy (non-hydrogen) atoms. The number of alkyl halides is 1. The molecule has 1 aromatic heterocycles. The molecule has 2 aliphatic heterocycles. The fraction of sp³-hybridized carbons (Fsp3) is 0.357. The summed E-state index contributed by atoms with van der Waals surface area (Å²) in [5.41, 5.74) is 7.75. The lowest BCUT2D eigenvalue weighted by molar-refractivity contribution is -0.138. The van der Waals surface area contributed by atoms with E-state index in [1.807, 2.05) is 29.2 Å². The Morgan fingerprint density at radius 2 is 2.00 bits per heavy atom. The highest BCUT2D eigenvalue weighted by molar-refractivity contribution is 5.80. The fourth-order valence-corrected chi connectivity index (χ4v) is 4.80. The number of likely N-dealkylation sites (tertiary alicyclic amines) is 1. The predicted octanol–water partition coefficient (Wildman–Crippen LogP) is 1.15. The second-order valence-electron chi connectivity index (χ2n) is 9.79. The number of anilines is 3. The third kappa shape index (κ3) is 6.54. The van der Waals surface area contributed by atoms with Gasteiger partial charge in [0.25, 0.3) is 0 Å². The van der Waals surface area contributed by atoms with Crippen LogP contribution in [0.15, 0.2) is 48.8 Å². The molecule has 3 atom stereocenters. The van der Waals surface area contributed by atoms with E-state index in [2.05, 4.69) is 26.3 Å². The number of primary amides is 1. The average Bonchev–Trinajstić information content (AvgIpc) is 3.02. The van der Waals surface area contributed by atoms with Crippen molar-refractivity contribution in [1.29, 1.82) is 5.26 Å². The number of nitrogens with zero attached hydrogens (tertiary/aromatic N) is 6. The summed E-state index contributed by atoms with van der Waals surface area (Å²) in [7, 11) is 0. The zero-order chi connectivity index (χ0) is 29.6. The van der Waals surface area contributed by atoms with Crippen LogP contribution in [0.4, 0.5) is 21.7 Å². The fourth-order valence-electron chi connectivity index (χ4n) is 4.80. The van der Waals surface area contributed by atoms with Gasteiger partial charge in [-0.05, 0) is 42.5 Å². The highest BCUT2D eigenvalue weighted by Gasteiger charge is 2.33.